The molecule has 0 atom stereocenters. The average Bonchev–Trinajstić information content (AvgIpc) is 2.83. The third kappa shape index (κ3) is 3.52. The van der Waals surface area contributed by atoms with E-state index in [2.05, 4.69) is 0 Å². The lowest BCUT2D eigenvalue weighted by atomic mass is 10.3. The van der Waals surface area contributed by atoms with Crippen molar-refractivity contribution in [1.82, 2.24) is 0 Å². The van der Waals surface area contributed by atoms with Crippen LogP contribution < -0.4 is 4.73 Å². The lowest BCUT2D eigenvalue weighted by Gasteiger charge is -2.03. The van der Waals surface area contributed by atoms with Crippen LogP contribution in [0, 0.1) is 5.21 Å². The van der Waals surface area contributed by atoms with Gasteiger partial charge in [-0.25, -0.2) is 4.79 Å². The van der Waals surface area contributed by atoms with Gasteiger partial charge in [-0.05, 0) is 12.1 Å². The zero-order valence-electron chi connectivity index (χ0n) is 9.54. The molecule has 0 saturated heterocycles. The summed E-state index contributed by atoms with van der Waals surface area (Å²) in [5, 5.41) is 10.8. The normalized spacial score (nSPS) is 10.2. The number of carbonyl (C=O) groups is 2. The molecule has 0 radical (unpaired) electrons. The summed E-state index contributed by atoms with van der Waals surface area (Å²) in [6, 6.07) is 5.82. The molecule has 0 fully saturated rings. The van der Waals surface area contributed by atoms with E-state index >= 15 is 0 Å². The molecule has 0 saturated carbocycles. The number of Topliss-reactive ketones (excluding diaryl/α,β-unsaturated/α-hetero) is 1. The first-order chi connectivity index (χ1) is 9.06. The maximum atomic E-state index is 11.7. The van der Waals surface area contributed by atoms with Crippen molar-refractivity contribution in [3.05, 3.63) is 56.6 Å². The van der Waals surface area contributed by atoms with Crippen molar-refractivity contribution in [2.45, 2.75) is 0 Å². The molecule has 0 bridgehead atoms. The number of carbonyl (C=O) groups excluding carboxylic acids is 2. The molecule has 19 heavy (non-hydrogen) atoms. The molecule has 2 aromatic rings. The van der Waals surface area contributed by atoms with E-state index in [1.807, 2.05) is 0 Å². The molecule has 0 amide bonds. The quantitative estimate of drug-likeness (QED) is 0.375. The van der Waals surface area contributed by atoms with Gasteiger partial charge in [0.1, 0.15) is 0 Å². The number of hydrogen-bond acceptors (Lipinski definition) is 5. The predicted molar refractivity (Wildman–Crippen MR) is 69.3 cm³/mol. The molecule has 0 aliphatic heterocycles. The van der Waals surface area contributed by atoms with Crippen molar-refractivity contribution in [3.8, 4) is 0 Å². The number of rotatable bonds is 4. The minimum atomic E-state index is -0.656. The average molecular weight is 298 g/mol. The Balaban J connectivity index is 1.93. The van der Waals surface area contributed by atoms with Crippen molar-refractivity contribution in [3.63, 3.8) is 0 Å². The number of pyridine rings is 1. The standard InChI is InChI=1S/C12H8ClNO4S/c13-11-2-1-10(19-11)9(15)7-18-12(16)8-3-5-14(17)6-4-8/h1-6H,7H2. The van der Waals surface area contributed by atoms with Gasteiger partial charge in [-0.1, -0.05) is 11.6 Å². The summed E-state index contributed by atoms with van der Waals surface area (Å²) >= 11 is 6.83. The highest BCUT2D eigenvalue weighted by molar-refractivity contribution is 7.18. The second kappa shape index (κ2) is 5.81. The second-order valence-corrected chi connectivity index (χ2v) is 5.26. The van der Waals surface area contributed by atoms with Crippen LogP contribution in [0.4, 0.5) is 0 Å². The third-order valence-electron chi connectivity index (χ3n) is 2.22. The number of ketones is 1. The first-order valence-corrected chi connectivity index (χ1v) is 6.40. The van der Waals surface area contributed by atoms with Crippen LogP contribution in [0.3, 0.4) is 0 Å². The highest BCUT2D eigenvalue weighted by Gasteiger charge is 2.13. The molecule has 0 unspecified atom stereocenters. The second-order valence-electron chi connectivity index (χ2n) is 3.55. The summed E-state index contributed by atoms with van der Waals surface area (Å²) in [5.41, 5.74) is 0.212. The molecule has 98 valence electrons. The molecule has 0 spiro atoms. The Morgan fingerprint density at radius 1 is 1.26 bits per heavy atom. The monoisotopic (exact) mass is 297 g/mol. The van der Waals surface area contributed by atoms with Crippen molar-refractivity contribution < 1.29 is 19.1 Å². The van der Waals surface area contributed by atoms with Crippen LogP contribution >= 0.6 is 22.9 Å². The fourth-order valence-corrected chi connectivity index (χ4v) is 2.27. The number of halogens is 1. The summed E-state index contributed by atoms with van der Waals surface area (Å²) in [4.78, 5) is 23.7. The SMILES string of the molecule is O=C(OCC(=O)c1ccc(Cl)s1)c1cc[n+]([O-])cc1. The van der Waals surface area contributed by atoms with Crippen LogP contribution in [0.15, 0.2) is 36.7 Å². The number of esters is 1. The summed E-state index contributed by atoms with van der Waals surface area (Å²) in [7, 11) is 0. The minimum Gasteiger partial charge on any atom is -0.619 e. The zero-order valence-corrected chi connectivity index (χ0v) is 11.1. The van der Waals surface area contributed by atoms with Crippen molar-refractivity contribution in [2.24, 2.45) is 0 Å². The van der Waals surface area contributed by atoms with Crippen molar-refractivity contribution in [1.29, 1.82) is 0 Å². The maximum Gasteiger partial charge on any atom is 0.339 e. The Labute approximate surface area is 117 Å². The van der Waals surface area contributed by atoms with Crippen LogP contribution in [0.25, 0.3) is 0 Å². The Bertz CT molecular complexity index is 608. The van der Waals surface area contributed by atoms with Gasteiger partial charge in [0.15, 0.2) is 19.0 Å². The van der Waals surface area contributed by atoms with Crippen LogP contribution in [-0.2, 0) is 4.74 Å². The largest absolute Gasteiger partial charge is 0.619 e. The van der Waals surface area contributed by atoms with Gasteiger partial charge in [-0.15, -0.1) is 11.3 Å². The summed E-state index contributed by atoms with van der Waals surface area (Å²) in [6.07, 6.45) is 2.36. The van der Waals surface area contributed by atoms with Crippen LogP contribution in [0.1, 0.15) is 20.0 Å². The minimum absolute atomic E-state index is 0.212. The van der Waals surface area contributed by atoms with Gasteiger partial charge in [0, 0.05) is 12.1 Å². The van der Waals surface area contributed by atoms with E-state index in [0.717, 1.165) is 11.3 Å². The Kier molecular flexibility index (Phi) is 4.13. The molecule has 5 nitrogen and oxygen atoms in total. The number of thiophene rings is 1. The molecular weight excluding hydrogens is 290 g/mol. The molecule has 0 aliphatic carbocycles. The van der Waals surface area contributed by atoms with E-state index in [1.54, 1.807) is 12.1 Å². The van der Waals surface area contributed by atoms with E-state index < -0.39 is 5.97 Å². The smallest absolute Gasteiger partial charge is 0.339 e. The molecule has 2 rings (SSSR count). The highest BCUT2D eigenvalue weighted by atomic mass is 35.5. The molecule has 7 heteroatoms. The lowest BCUT2D eigenvalue weighted by Crippen LogP contribution is -2.24. The first-order valence-electron chi connectivity index (χ1n) is 5.21. The lowest BCUT2D eigenvalue weighted by molar-refractivity contribution is -0.605. The molecule has 2 heterocycles. The fraction of sp³-hybridized carbons (Fsp3) is 0.0833. The first kappa shape index (κ1) is 13.5. The number of nitrogens with zero attached hydrogens (tertiary/aromatic N) is 1. The predicted octanol–water partition coefficient (Wildman–Crippen LogP) is 2.07. The summed E-state index contributed by atoms with van der Waals surface area (Å²) in [5.74, 6) is -0.975. The molecular formula is C12H8ClNO4S. The van der Waals surface area contributed by atoms with E-state index in [-0.39, 0.29) is 18.0 Å². The molecule has 2 aromatic heterocycles. The summed E-state index contributed by atoms with van der Waals surface area (Å²) < 4.78 is 5.91. The van der Waals surface area contributed by atoms with Gasteiger partial charge < -0.3 is 9.94 Å². The van der Waals surface area contributed by atoms with Crippen molar-refractivity contribution in [2.75, 3.05) is 6.61 Å². The topological polar surface area (TPSA) is 70.3 Å². The summed E-state index contributed by atoms with van der Waals surface area (Å²) in [6.45, 7) is -0.359. The number of aromatic nitrogens is 1. The van der Waals surface area contributed by atoms with Gasteiger partial charge in [-0.2, -0.15) is 4.73 Å². The van der Waals surface area contributed by atoms with Gasteiger partial charge in [-0.3, -0.25) is 4.79 Å². The molecule has 0 N–H and O–H groups in total. The van der Waals surface area contributed by atoms with E-state index in [9.17, 15) is 14.8 Å². The van der Waals surface area contributed by atoms with E-state index in [1.165, 1.54) is 24.5 Å². The number of hydrogen-bond donors (Lipinski definition) is 0. The third-order valence-corrected chi connectivity index (χ3v) is 3.49. The van der Waals surface area contributed by atoms with Crippen LogP contribution in [0.5, 0.6) is 0 Å². The highest BCUT2D eigenvalue weighted by Crippen LogP contribution is 2.21. The Hall–Kier alpha value is -1.92. The van der Waals surface area contributed by atoms with Crippen molar-refractivity contribution >= 4 is 34.7 Å². The van der Waals surface area contributed by atoms with Gasteiger partial charge >= 0.3 is 5.97 Å². The Morgan fingerprint density at radius 3 is 2.53 bits per heavy atom. The van der Waals surface area contributed by atoms with Crippen LogP contribution in [-0.4, -0.2) is 18.4 Å². The molecule has 0 aliphatic rings. The van der Waals surface area contributed by atoms with Gasteiger partial charge in [0.25, 0.3) is 0 Å². The van der Waals surface area contributed by atoms with Gasteiger partial charge in [0.2, 0.25) is 5.78 Å². The van der Waals surface area contributed by atoms with E-state index in [4.69, 9.17) is 16.3 Å². The Morgan fingerprint density at radius 2 is 1.95 bits per heavy atom. The van der Waals surface area contributed by atoms with Gasteiger partial charge in [0.05, 0.1) is 14.8 Å². The number of ether oxygens (including phenoxy) is 1. The van der Waals surface area contributed by atoms with E-state index in [0.29, 0.717) is 13.9 Å². The maximum absolute atomic E-state index is 11.7. The fourth-order valence-electron chi connectivity index (χ4n) is 1.30. The zero-order chi connectivity index (χ0) is 13.8. The van der Waals surface area contributed by atoms with Crippen LogP contribution in [0.2, 0.25) is 4.34 Å². The molecule has 0 aromatic carbocycles.